The Bertz CT molecular complexity index is 537. The Labute approximate surface area is 128 Å². The minimum absolute atomic E-state index is 0.508. The lowest BCUT2D eigenvalue weighted by atomic mass is 10.2. The van der Waals surface area contributed by atoms with Crippen molar-refractivity contribution in [2.45, 2.75) is 38.8 Å². The molecular formula is C15H20N2O5. The highest BCUT2D eigenvalue weighted by Crippen LogP contribution is 2.09. The Kier molecular flexibility index (Phi) is 5.91. The number of rotatable bonds is 5. The van der Waals surface area contributed by atoms with Crippen LogP contribution in [0.2, 0.25) is 0 Å². The zero-order valence-electron chi connectivity index (χ0n) is 12.8. The van der Waals surface area contributed by atoms with E-state index in [0.717, 1.165) is 0 Å². The number of nitrogens with one attached hydrogen (secondary N) is 2. The van der Waals surface area contributed by atoms with Crippen LogP contribution in [-0.2, 0) is 14.3 Å². The van der Waals surface area contributed by atoms with Gasteiger partial charge in [0.1, 0.15) is 11.6 Å². The van der Waals surface area contributed by atoms with Crippen LogP contribution in [-0.4, -0.2) is 34.7 Å². The smallest absolute Gasteiger partial charge is 0.408 e. The fourth-order valence-electron chi connectivity index (χ4n) is 1.58. The van der Waals surface area contributed by atoms with Crippen LogP contribution in [0.3, 0.4) is 0 Å². The third-order valence-electron chi connectivity index (χ3n) is 2.43. The molecule has 0 aliphatic rings. The van der Waals surface area contributed by atoms with Crippen molar-refractivity contribution in [2.24, 2.45) is 0 Å². The van der Waals surface area contributed by atoms with Crippen molar-refractivity contribution in [1.29, 1.82) is 0 Å². The summed E-state index contributed by atoms with van der Waals surface area (Å²) in [4.78, 5) is 34.7. The molecule has 1 atom stereocenters. The van der Waals surface area contributed by atoms with E-state index in [4.69, 9.17) is 9.84 Å². The summed E-state index contributed by atoms with van der Waals surface area (Å²) < 4.78 is 5.03. The molecule has 0 spiro atoms. The number of hydrogen-bond acceptors (Lipinski definition) is 4. The van der Waals surface area contributed by atoms with Gasteiger partial charge in [0.15, 0.2) is 0 Å². The molecule has 0 radical (unpaired) electrons. The van der Waals surface area contributed by atoms with Crippen molar-refractivity contribution in [3.63, 3.8) is 0 Å². The van der Waals surface area contributed by atoms with Crippen molar-refractivity contribution in [1.82, 2.24) is 5.32 Å². The first-order chi connectivity index (χ1) is 10.2. The Hall–Kier alpha value is -2.57. The Morgan fingerprint density at radius 2 is 1.77 bits per heavy atom. The van der Waals surface area contributed by atoms with Crippen molar-refractivity contribution in [3.05, 3.63) is 30.3 Å². The lowest BCUT2D eigenvalue weighted by Crippen LogP contribution is -2.46. The predicted octanol–water partition coefficient (Wildman–Crippen LogP) is 1.99. The summed E-state index contributed by atoms with van der Waals surface area (Å²) in [6.45, 7) is 5.01. The van der Waals surface area contributed by atoms with Gasteiger partial charge in [0.2, 0.25) is 5.91 Å². The van der Waals surface area contributed by atoms with E-state index in [2.05, 4.69) is 10.6 Å². The Morgan fingerprint density at radius 3 is 2.27 bits per heavy atom. The van der Waals surface area contributed by atoms with E-state index in [9.17, 15) is 14.4 Å². The molecule has 3 N–H and O–H groups in total. The van der Waals surface area contributed by atoms with Gasteiger partial charge < -0.3 is 20.5 Å². The second-order valence-corrected chi connectivity index (χ2v) is 5.65. The van der Waals surface area contributed by atoms with Crippen molar-refractivity contribution >= 4 is 23.7 Å². The van der Waals surface area contributed by atoms with E-state index in [1.165, 1.54) is 0 Å². The number of carbonyl (C=O) groups excluding carboxylic acids is 2. The van der Waals surface area contributed by atoms with E-state index in [1.807, 2.05) is 0 Å². The molecule has 0 saturated heterocycles. The molecule has 2 amide bonds. The van der Waals surface area contributed by atoms with Crippen LogP contribution in [0.15, 0.2) is 30.3 Å². The maximum atomic E-state index is 12.1. The number of carboxylic acid groups (broad SMARTS) is 1. The fourth-order valence-corrected chi connectivity index (χ4v) is 1.58. The third kappa shape index (κ3) is 6.74. The SMILES string of the molecule is CC(C)(C)OC(=O)N[C@@H](CC(=O)O)C(=O)Nc1ccccc1. The van der Waals surface area contributed by atoms with Gasteiger partial charge in [-0.2, -0.15) is 0 Å². The summed E-state index contributed by atoms with van der Waals surface area (Å²) in [5.74, 6) is -1.83. The fraction of sp³-hybridized carbons (Fsp3) is 0.400. The molecular weight excluding hydrogens is 288 g/mol. The van der Waals surface area contributed by atoms with E-state index >= 15 is 0 Å². The molecule has 1 rings (SSSR count). The van der Waals surface area contributed by atoms with Crippen molar-refractivity contribution in [2.75, 3.05) is 5.32 Å². The van der Waals surface area contributed by atoms with Gasteiger partial charge in [0.25, 0.3) is 0 Å². The monoisotopic (exact) mass is 308 g/mol. The normalized spacial score (nSPS) is 12.1. The minimum Gasteiger partial charge on any atom is -0.481 e. The predicted molar refractivity (Wildman–Crippen MR) is 80.5 cm³/mol. The number of amides is 2. The largest absolute Gasteiger partial charge is 0.481 e. The first-order valence-corrected chi connectivity index (χ1v) is 6.74. The third-order valence-corrected chi connectivity index (χ3v) is 2.43. The molecule has 0 aromatic heterocycles. The summed E-state index contributed by atoms with van der Waals surface area (Å²) in [6.07, 6.45) is -1.39. The average Bonchev–Trinajstić information content (AvgIpc) is 2.36. The van der Waals surface area contributed by atoms with Gasteiger partial charge in [0, 0.05) is 5.69 Å². The highest BCUT2D eigenvalue weighted by molar-refractivity contribution is 5.98. The number of benzene rings is 1. The van der Waals surface area contributed by atoms with E-state index in [1.54, 1.807) is 51.1 Å². The van der Waals surface area contributed by atoms with Crippen LogP contribution in [0.5, 0.6) is 0 Å². The molecule has 0 unspecified atom stereocenters. The van der Waals surface area contributed by atoms with Gasteiger partial charge in [-0.3, -0.25) is 9.59 Å². The van der Waals surface area contributed by atoms with Gasteiger partial charge in [-0.25, -0.2) is 4.79 Å². The van der Waals surface area contributed by atoms with Crippen LogP contribution < -0.4 is 10.6 Å². The van der Waals surface area contributed by atoms with E-state index in [0.29, 0.717) is 5.69 Å². The summed E-state index contributed by atoms with van der Waals surface area (Å²) in [5, 5.41) is 13.7. The van der Waals surface area contributed by atoms with Crippen molar-refractivity contribution < 1.29 is 24.2 Å². The number of alkyl carbamates (subject to hydrolysis) is 1. The number of aliphatic carboxylic acids is 1. The first kappa shape index (κ1) is 17.5. The van der Waals surface area contributed by atoms with Crippen molar-refractivity contribution in [3.8, 4) is 0 Å². The number of carbonyl (C=O) groups is 3. The number of para-hydroxylation sites is 1. The number of carboxylic acids is 1. The standard InChI is InChI=1S/C15H20N2O5/c1-15(2,3)22-14(21)17-11(9-12(18)19)13(20)16-10-7-5-4-6-8-10/h4-8,11H,9H2,1-3H3,(H,16,20)(H,17,21)(H,18,19)/t11-/m0/s1. The summed E-state index contributed by atoms with van der Waals surface area (Å²) in [7, 11) is 0. The average molecular weight is 308 g/mol. The van der Waals surface area contributed by atoms with Gasteiger partial charge in [-0.15, -0.1) is 0 Å². The summed E-state index contributed by atoms with van der Waals surface area (Å²) in [5.41, 5.74) is -0.234. The molecule has 0 fully saturated rings. The maximum absolute atomic E-state index is 12.1. The Morgan fingerprint density at radius 1 is 1.18 bits per heavy atom. The second kappa shape index (κ2) is 7.44. The summed E-state index contributed by atoms with van der Waals surface area (Å²) >= 11 is 0. The topological polar surface area (TPSA) is 105 Å². The molecule has 22 heavy (non-hydrogen) atoms. The number of hydrogen-bond donors (Lipinski definition) is 3. The lowest BCUT2D eigenvalue weighted by molar-refractivity contribution is -0.139. The van der Waals surface area contributed by atoms with Gasteiger partial charge in [-0.1, -0.05) is 18.2 Å². The second-order valence-electron chi connectivity index (χ2n) is 5.65. The molecule has 0 aliphatic heterocycles. The van der Waals surface area contributed by atoms with Gasteiger partial charge in [-0.05, 0) is 32.9 Å². The molecule has 1 aromatic carbocycles. The van der Waals surface area contributed by atoms with Crippen LogP contribution in [0, 0.1) is 0 Å². The van der Waals surface area contributed by atoms with Crippen LogP contribution >= 0.6 is 0 Å². The lowest BCUT2D eigenvalue weighted by Gasteiger charge is -2.22. The molecule has 0 heterocycles. The van der Waals surface area contributed by atoms with Gasteiger partial charge >= 0.3 is 12.1 Å². The number of ether oxygens (including phenoxy) is 1. The highest BCUT2D eigenvalue weighted by Gasteiger charge is 2.26. The first-order valence-electron chi connectivity index (χ1n) is 6.74. The van der Waals surface area contributed by atoms with Crippen LogP contribution in [0.4, 0.5) is 10.5 Å². The Balaban J connectivity index is 2.73. The quantitative estimate of drug-likeness (QED) is 0.771. The molecule has 1 aromatic rings. The molecule has 0 aliphatic carbocycles. The van der Waals surface area contributed by atoms with E-state index < -0.39 is 36.0 Å². The summed E-state index contributed by atoms with van der Waals surface area (Å²) in [6, 6.07) is 7.31. The molecule has 0 bridgehead atoms. The van der Waals surface area contributed by atoms with E-state index in [-0.39, 0.29) is 0 Å². The zero-order chi connectivity index (χ0) is 16.8. The maximum Gasteiger partial charge on any atom is 0.408 e. The molecule has 120 valence electrons. The highest BCUT2D eigenvalue weighted by atomic mass is 16.6. The van der Waals surface area contributed by atoms with Gasteiger partial charge in [0.05, 0.1) is 6.42 Å². The zero-order valence-corrected chi connectivity index (χ0v) is 12.8. The van der Waals surface area contributed by atoms with Crippen LogP contribution in [0.25, 0.3) is 0 Å². The number of anilines is 1. The minimum atomic E-state index is -1.23. The molecule has 0 saturated carbocycles. The molecule has 7 heteroatoms. The van der Waals surface area contributed by atoms with Crippen LogP contribution in [0.1, 0.15) is 27.2 Å². The molecule has 7 nitrogen and oxygen atoms in total.